The molecule has 0 bridgehead atoms. The maximum absolute atomic E-state index is 15.3. The van der Waals surface area contributed by atoms with Gasteiger partial charge in [0.25, 0.3) is 0 Å². The highest BCUT2D eigenvalue weighted by Gasteiger charge is 2.24. The van der Waals surface area contributed by atoms with Gasteiger partial charge in [-0.05, 0) is 19.1 Å². The van der Waals surface area contributed by atoms with E-state index >= 15 is 4.39 Å². The lowest BCUT2D eigenvalue weighted by Crippen LogP contribution is -2.38. The Balaban J connectivity index is 1.51. The molecule has 0 spiro atoms. The van der Waals surface area contributed by atoms with Crippen LogP contribution in [0.5, 0.6) is 5.75 Å². The topological polar surface area (TPSA) is 94.0 Å². The lowest BCUT2D eigenvalue weighted by atomic mass is 10.0. The molecule has 0 amide bonds. The normalized spacial score (nSPS) is 14.4. The zero-order valence-corrected chi connectivity index (χ0v) is 19.5. The summed E-state index contributed by atoms with van der Waals surface area (Å²) in [6.45, 7) is 5.68. The molecule has 1 fully saturated rings. The summed E-state index contributed by atoms with van der Waals surface area (Å²) in [6.07, 6.45) is 3.21. The van der Waals surface area contributed by atoms with Crippen molar-refractivity contribution in [3.05, 3.63) is 54.1 Å². The Morgan fingerprint density at radius 3 is 2.69 bits per heavy atom. The van der Waals surface area contributed by atoms with Crippen LogP contribution in [0.1, 0.15) is 5.69 Å². The molecule has 1 saturated heterocycles. The van der Waals surface area contributed by atoms with Crippen LogP contribution in [-0.2, 0) is 11.8 Å². The van der Waals surface area contributed by atoms with E-state index in [-0.39, 0.29) is 17.9 Å². The molecule has 5 rings (SSSR count). The summed E-state index contributed by atoms with van der Waals surface area (Å²) in [5, 5.41) is 10.9. The number of pyridine rings is 1. The van der Waals surface area contributed by atoms with E-state index in [9.17, 15) is 4.39 Å². The first-order valence-electron chi connectivity index (χ1n) is 11.3. The van der Waals surface area contributed by atoms with Crippen molar-refractivity contribution >= 4 is 0 Å². The first-order valence-corrected chi connectivity index (χ1v) is 11.3. The van der Waals surface area contributed by atoms with Gasteiger partial charge >= 0.3 is 0 Å². The maximum atomic E-state index is 15.3. The summed E-state index contributed by atoms with van der Waals surface area (Å²) < 4.78 is 42.4. The number of nitrogens with one attached hydrogen (secondary N) is 1. The van der Waals surface area contributed by atoms with Crippen LogP contribution in [0, 0.1) is 18.6 Å². The molecule has 0 aliphatic carbocycles. The molecule has 0 atom stereocenters. The number of imidazole rings is 1. The number of aromatic nitrogens is 6. The van der Waals surface area contributed by atoms with Crippen LogP contribution in [0.25, 0.3) is 33.9 Å². The number of halogens is 2. The average Bonchev–Trinajstić information content (AvgIpc) is 3.45. The van der Waals surface area contributed by atoms with Crippen LogP contribution in [-0.4, -0.2) is 74.3 Å². The average molecular weight is 482 g/mol. The van der Waals surface area contributed by atoms with E-state index in [2.05, 4.69) is 30.3 Å². The monoisotopic (exact) mass is 481 g/mol. The minimum atomic E-state index is -0.736. The molecule has 1 N–H and O–H groups in total. The molecule has 1 aliphatic rings. The molecule has 1 aliphatic heterocycles. The number of H-pyrrole nitrogens is 1. The molecule has 11 heteroatoms. The van der Waals surface area contributed by atoms with Crippen LogP contribution in [0.4, 0.5) is 8.78 Å². The fourth-order valence-electron chi connectivity index (χ4n) is 4.18. The SMILES string of the molecule is Cc1n[nH]nc1-c1ccnc(-c2ncn(C)c2-c2c(F)cc(F)cc2OCCN2CCOCC2)c1. The molecule has 0 saturated carbocycles. The summed E-state index contributed by atoms with van der Waals surface area (Å²) in [5.41, 5.74) is 3.75. The van der Waals surface area contributed by atoms with E-state index in [0.717, 1.165) is 30.4 Å². The van der Waals surface area contributed by atoms with Crippen molar-refractivity contribution in [1.82, 2.24) is 34.8 Å². The van der Waals surface area contributed by atoms with Crippen LogP contribution < -0.4 is 4.74 Å². The largest absolute Gasteiger partial charge is 0.491 e. The molecule has 3 aromatic heterocycles. The van der Waals surface area contributed by atoms with Gasteiger partial charge in [-0.25, -0.2) is 13.8 Å². The Labute approximate surface area is 200 Å². The molecule has 9 nitrogen and oxygen atoms in total. The first kappa shape index (κ1) is 23.1. The summed E-state index contributed by atoms with van der Waals surface area (Å²) in [6, 6.07) is 5.69. The minimum absolute atomic E-state index is 0.115. The van der Waals surface area contributed by atoms with Gasteiger partial charge in [-0.15, -0.1) is 0 Å². The van der Waals surface area contributed by atoms with Crippen molar-refractivity contribution in [2.75, 3.05) is 39.5 Å². The van der Waals surface area contributed by atoms with Gasteiger partial charge in [0.05, 0.1) is 42.2 Å². The Bertz CT molecular complexity index is 1330. The van der Waals surface area contributed by atoms with Gasteiger partial charge < -0.3 is 14.0 Å². The van der Waals surface area contributed by atoms with Crippen LogP contribution in [0.3, 0.4) is 0 Å². The predicted octanol–water partition coefficient (Wildman–Crippen LogP) is 3.23. The van der Waals surface area contributed by atoms with Gasteiger partial charge in [0.2, 0.25) is 0 Å². The quantitative estimate of drug-likeness (QED) is 0.433. The third-order valence-corrected chi connectivity index (χ3v) is 5.96. The number of morpholine rings is 1. The zero-order valence-electron chi connectivity index (χ0n) is 19.5. The molecule has 0 unspecified atom stereocenters. The number of aryl methyl sites for hydroxylation is 2. The van der Waals surface area contributed by atoms with Crippen molar-refractivity contribution in [3.8, 4) is 39.7 Å². The highest BCUT2D eigenvalue weighted by molar-refractivity contribution is 5.82. The second-order valence-corrected chi connectivity index (χ2v) is 8.30. The van der Waals surface area contributed by atoms with Gasteiger partial charge in [-0.1, -0.05) is 0 Å². The summed E-state index contributed by atoms with van der Waals surface area (Å²) in [5.74, 6) is -1.33. The van der Waals surface area contributed by atoms with E-state index in [1.165, 1.54) is 6.07 Å². The molecule has 182 valence electrons. The number of hydrogen-bond donors (Lipinski definition) is 1. The molecule has 4 heterocycles. The highest BCUT2D eigenvalue weighted by atomic mass is 19.1. The number of ether oxygens (including phenoxy) is 2. The van der Waals surface area contributed by atoms with E-state index in [1.807, 2.05) is 19.1 Å². The van der Waals surface area contributed by atoms with Crippen molar-refractivity contribution in [2.45, 2.75) is 6.92 Å². The van der Waals surface area contributed by atoms with E-state index < -0.39 is 11.6 Å². The number of aromatic amines is 1. The number of nitrogens with zero attached hydrogens (tertiary/aromatic N) is 6. The smallest absolute Gasteiger partial charge is 0.139 e. The number of rotatable bonds is 7. The Morgan fingerprint density at radius 1 is 1.09 bits per heavy atom. The van der Waals surface area contributed by atoms with Crippen molar-refractivity contribution in [1.29, 1.82) is 0 Å². The lowest BCUT2D eigenvalue weighted by Gasteiger charge is -2.26. The van der Waals surface area contributed by atoms with Crippen LogP contribution in [0.15, 0.2) is 36.8 Å². The van der Waals surface area contributed by atoms with Gasteiger partial charge in [0.15, 0.2) is 0 Å². The van der Waals surface area contributed by atoms with E-state index in [4.69, 9.17) is 9.47 Å². The summed E-state index contributed by atoms with van der Waals surface area (Å²) >= 11 is 0. The predicted molar refractivity (Wildman–Crippen MR) is 125 cm³/mol. The molecule has 0 radical (unpaired) electrons. The third kappa shape index (κ3) is 4.77. The first-order chi connectivity index (χ1) is 17.0. The van der Waals surface area contributed by atoms with Gasteiger partial charge in [-0.2, -0.15) is 15.4 Å². The lowest BCUT2D eigenvalue weighted by molar-refractivity contribution is 0.0322. The molecule has 4 aromatic rings. The molecule has 1 aromatic carbocycles. The minimum Gasteiger partial charge on any atom is -0.491 e. The Kier molecular flexibility index (Phi) is 6.51. The standard InChI is InChI=1S/C24H25F2N7O2/c1-15-22(30-31-29-15)16-3-4-27-19(11-16)23-24(32(2)14-28-23)21-18(26)12-17(25)13-20(21)35-10-7-33-5-8-34-9-6-33/h3-4,11-14H,5-10H2,1-2H3,(H,29,30,31). The van der Waals surface area contributed by atoms with Crippen molar-refractivity contribution in [2.24, 2.45) is 7.05 Å². The second kappa shape index (κ2) is 9.88. The maximum Gasteiger partial charge on any atom is 0.139 e. The third-order valence-electron chi connectivity index (χ3n) is 5.96. The number of hydrogen-bond acceptors (Lipinski definition) is 7. The van der Waals surface area contributed by atoms with Crippen molar-refractivity contribution < 1.29 is 18.3 Å². The Hall–Kier alpha value is -3.70. The summed E-state index contributed by atoms with van der Waals surface area (Å²) in [7, 11) is 1.75. The fraction of sp³-hybridized carbons (Fsp3) is 0.333. The molecular formula is C24H25F2N7O2. The summed E-state index contributed by atoms with van der Waals surface area (Å²) in [4.78, 5) is 11.1. The second-order valence-electron chi connectivity index (χ2n) is 8.30. The van der Waals surface area contributed by atoms with Crippen LogP contribution in [0.2, 0.25) is 0 Å². The van der Waals surface area contributed by atoms with Gasteiger partial charge in [0, 0.05) is 50.6 Å². The molecule has 35 heavy (non-hydrogen) atoms. The van der Waals surface area contributed by atoms with Gasteiger partial charge in [-0.3, -0.25) is 9.88 Å². The molecular weight excluding hydrogens is 456 g/mol. The van der Waals surface area contributed by atoms with Crippen molar-refractivity contribution in [3.63, 3.8) is 0 Å². The highest BCUT2D eigenvalue weighted by Crippen LogP contribution is 2.39. The fourth-order valence-corrected chi connectivity index (χ4v) is 4.18. The van der Waals surface area contributed by atoms with Crippen LogP contribution >= 0.6 is 0 Å². The Morgan fingerprint density at radius 2 is 1.91 bits per heavy atom. The van der Waals surface area contributed by atoms with E-state index in [1.54, 1.807) is 24.1 Å². The van der Waals surface area contributed by atoms with E-state index in [0.29, 0.717) is 42.5 Å². The zero-order chi connectivity index (χ0) is 24.4. The van der Waals surface area contributed by atoms with Gasteiger partial charge in [0.1, 0.15) is 35.4 Å². The number of benzene rings is 1.